The molecule has 0 saturated carbocycles. The molecule has 0 saturated heterocycles. The molecule has 0 unspecified atom stereocenters. The van der Waals surface area contributed by atoms with Gasteiger partial charge in [0.2, 0.25) is 0 Å². The number of rotatable bonds is 5. The largest absolute Gasteiger partial charge is 0.348 e. The first-order valence-electron chi connectivity index (χ1n) is 9.46. The highest BCUT2D eigenvalue weighted by atomic mass is 32.2. The molecule has 0 bridgehead atoms. The van der Waals surface area contributed by atoms with Crippen molar-refractivity contribution in [3.05, 3.63) is 89.5 Å². The molecular weight excluding hydrogens is 405 g/mol. The summed E-state index contributed by atoms with van der Waals surface area (Å²) in [5, 5.41) is 2.84. The average molecular weight is 425 g/mol. The quantitative estimate of drug-likeness (QED) is 0.680. The second-order valence-corrected chi connectivity index (χ2v) is 9.01. The van der Waals surface area contributed by atoms with E-state index in [2.05, 4.69) is 10.3 Å². The molecule has 154 valence electrons. The molecule has 1 atom stereocenters. The molecule has 3 aromatic rings. The fourth-order valence-electron chi connectivity index (χ4n) is 3.62. The van der Waals surface area contributed by atoms with Crippen molar-refractivity contribution in [3.8, 4) is 0 Å². The maximum atomic E-state index is 13.2. The van der Waals surface area contributed by atoms with E-state index in [9.17, 15) is 17.6 Å². The molecule has 0 fully saturated rings. The normalized spacial score (nSPS) is 15.7. The number of pyridine rings is 1. The van der Waals surface area contributed by atoms with Gasteiger partial charge in [0.15, 0.2) is 0 Å². The SMILES string of the molecule is C[C@H]1Cc2cc(C(=O)NCc3cccnc3)ccc2N1S(=O)(=O)c1ccc(F)cc1. The average Bonchev–Trinajstić information content (AvgIpc) is 3.08. The Labute approximate surface area is 174 Å². The number of benzene rings is 2. The molecule has 1 aromatic heterocycles. The molecule has 1 aliphatic heterocycles. The molecule has 30 heavy (non-hydrogen) atoms. The van der Waals surface area contributed by atoms with Gasteiger partial charge >= 0.3 is 0 Å². The molecule has 1 N–H and O–H groups in total. The highest BCUT2D eigenvalue weighted by Gasteiger charge is 2.36. The van der Waals surface area contributed by atoms with Crippen molar-refractivity contribution in [1.82, 2.24) is 10.3 Å². The van der Waals surface area contributed by atoms with Crippen LogP contribution in [0.4, 0.5) is 10.1 Å². The number of nitrogens with one attached hydrogen (secondary N) is 1. The maximum absolute atomic E-state index is 13.2. The molecule has 0 aliphatic carbocycles. The first-order chi connectivity index (χ1) is 14.4. The van der Waals surface area contributed by atoms with Gasteiger partial charge in [-0.05, 0) is 73.0 Å². The first-order valence-corrected chi connectivity index (χ1v) is 10.9. The van der Waals surface area contributed by atoms with Gasteiger partial charge in [-0.25, -0.2) is 12.8 Å². The minimum absolute atomic E-state index is 0.0295. The number of carbonyl (C=O) groups excluding carboxylic acids is 1. The molecule has 4 rings (SSSR count). The summed E-state index contributed by atoms with van der Waals surface area (Å²) in [7, 11) is -3.84. The van der Waals surface area contributed by atoms with Crippen LogP contribution in [0.3, 0.4) is 0 Å². The number of hydrogen-bond acceptors (Lipinski definition) is 4. The van der Waals surface area contributed by atoms with E-state index in [1.165, 1.54) is 16.4 Å². The van der Waals surface area contributed by atoms with Crippen molar-refractivity contribution in [2.24, 2.45) is 0 Å². The van der Waals surface area contributed by atoms with Gasteiger partial charge in [-0.1, -0.05) is 6.07 Å². The predicted octanol–water partition coefficient (Wildman–Crippen LogP) is 3.29. The molecule has 0 spiro atoms. The predicted molar refractivity (Wildman–Crippen MR) is 111 cm³/mol. The number of fused-ring (bicyclic) bond motifs is 1. The van der Waals surface area contributed by atoms with Crippen molar-refractivity contribution in [2.75, 3.05) is 4.31 Å². The Bertz CT molecular complexity index is 1180. The van der Waals surface area contributed by atoms with Crippen LogP contribution in [0.5, 0.6) is 0 Å². The van der Waals surface area contributed by atoms with Crippen LogP contribution in [0.25, 0.3) is 0 Å². The molecular formula is C22H20FN3O3S. The lowest BCUT2D eigenvalue weighted by Crippen LogP contribution is -2.35. The van der Waals surface area contributed by atoms with E-state index in [1.54, 1.807) is 36.7 Å². The first kappa shape index (κ1) is 20.0. The summed E-state index contributed by atoms with van der Waals surface area (Å²) in [5.74, 6) is -0.736. The van der Waals surface area contributed by atoms with Crippen molar-refractivity contribution in [3.63, 3.8) is 0 Å². The lowest BCUT2D eigenvalue weighted by molar-refractivity contribution is 0.0951. The van der Waals surface area contributed by atoms with Gasteiger partial charge in [-0.15, -0.1) is 0 Å². The lowest BCUT2D eigenvalue weighted by atomic mass is 10.1. The van der Waals surface area contributed by atoms with Crippen molar-refractivity contribution in [1.29, 1.82) is 0 Å². The number of carbonyl (C=O) groups is 1. The molecule has 1 amide bonds. The second kappa shape index (κ2) is 7.87. The van der Waals surface area contributed by atoms with Crippen LogP contribution in [-0.4, -0.2) is 25.4 Å². The monoisotopic (exact) mass is 425 g/mol. The Balaban J connectivity index is 1.57. The van der Waals surface area contributed by atoms with E-state index < -0.39 is 15.8 Å². The fraction of sp³-hybridized carbons (Fsp3) is 0.182. The van der Waals surface area contributed by atoms with E-state index in [-0.39, 0.29) is 16.8 Å². The minimum atomic E-state index is -3.84. The zero-order valence-corrected chi connectivity index (χ0v) is 17.1. The lowest BCUT2D eigenvalue weighted by Gasteiger charge is -2.24. The number of halogens is 1. The van der Waals surface area contributed by atoms with Gasteiger partial charge < -0.3 is 5.32 Å². The summed E-state index contributed by atoms with van der Waals surface area (Å²) in [6, 6.07) is 13.1. The van der Waals surface area contributed by atoms with Gasteiger partial charge in [0.05, 0.1) is 10.6 Å². The number of amides is 1. The fourth-order valence-corrected chi connectivity index (χ4v) is 5.31. The molecule has 0 radical (unpaired) electrons. The van der Waals surface area contributed by atoms with Gasteiger partial charge in [0, 0.05) is 30.5 Å². The van der Waals surface area contributed by atoms with E-state index >= 15 is 0 Å². The third-order valence-corrected chi connectivity index (χ3v) is 6.98. The van der Waals surface area contributed by atoms with Crippen molar-refractivity contribution in [2.45, 2.75) is 30.8 Å². The summed E-state index contributed by atoms with van der Waals surface area (Å²) in [5.41, 5.74) is 2.67. The topological polar surface area (TPSA) is 79.4 Å². The highest BCUT2D eigenvalue weighted by molar-refractivity contribution is 7.92. The highest BCUT2D eigenvalue weighted by Crippen LogP contribution is 2.37. The van der Waals surface area contributed by atoms with Crippen LogP contribution >= 0.6 is 0 Å². The zero-order valence-electron chi connectivity index (χ0n) is 16.2. The van der Waals surface area contributed by atoms with Crippen molar-refractivity contribution >= 4 is 21.6 Å². The van der Waals surface area contributed by atoms with E-state index in [1.807, 2.05) is 13.0 Å². The summed E-state index contributed by atoms with van der Waals surface area (Å²) in [6.45, 7) is 2.16. The summed E-state index contributed by atoms with van der Waals surface area (Å²) in [4.78, 5) is 16.6. The Morgan fingerprint density at radius 1 is 1.20 bits per heavy atom. The van der Waals surface area contributed by atoms with Crippen LogP contribution in [0.15, 0.2) is 71.9 Å². The number of sulfonamides is 1. The van der Waals surface area contributed by atoms with E-state index in [0.717, 1.165) is 23.3 Å². The standard InChI is InChI=1S/C22H20FN3O3S/c1-15-11-18-12-17(22(27)25-14-16-3-2-10-24-13-16)4-9-21(18)26(15)30(28,29)20-7-5-19(23)6-8-20/h2-10,12-13,15H,11,14H2,1H3,(H,25,27)/t15-/m0/s1. The van der Waals surface area contributed by atoms with Gasteiger partial charge in [-0.2, -0.15) is 0 Å². The number of aromatic nitrogens is 1. The number of hydrogen-bond donors (Lipinski definition) is 1. The van der Waals surface area contributed by atoms with Crippen LogP contribution in [0.2, 0.25) is 0 Å². The van der Waals surface area contributed by atoms with E-state index in [4.69, 9.17) is 0 Å². The Kier molecular flexibility index (Phi) is 5.26. The Morgan fingerprint density at radius 2 is 1.97 bits per heavy atom. The van der Waals surface area contributed by atoms with Crippen LogP contribution in [0, 0.1) is 5.82 Å². The Morgan fingerprint density at radius 3 is 2.67 bits per heavy atom. The molecule has 6 nitrogen and oxygen atoms in total. The summed E-state index contributed by atoms with van der Waals surface area (Å²) >= 11 is 0. The number of nitrogens with zero attached hydrogens (tertiary/aromatic N) is 2. The summed E-state index contributed by atoms with van der Waals surface area (Å²) in [6.07, 6.45) is 3.83. The molecule has 1 aliphatic rings. The smallest absolute Gasteiger partial charge is 0.264 e. The van der Waals surface area contributed by atoms with Crippen LogP contribution < -0.4 is 9.62 Å². The van der Waals surface area contributed by atoms with Gasteiger partial charge in [0.1, 0.15) is 5.82 Å². The molecule has 2 aromatic carbocycles. The maximum Gasteiger partial charge on any atom is 0.264 e. The third-order valence-electron chi connectivity index (χ3n) is 5.04. The molecule has 8 heteroatoms. The minimum Gasteiger partial charge on any atom is -0.348 e. The van der Waals surface area contributed by atoms with Crippen LogP contribution in [-0.2, 0) is 23.0 Å². The van der Waals surface area contributed by atoms with E-state index in [0.29, 0.717) is 24.2 Å². The van der Waals surface area contributed by atoms with Gasteiger partial charge in [-0.3, -0.25) is 14.1 Å². The number of anilines is 1. The molecule has 2 heterocycles. The second-order valence-electron chi connectivity index (χ2n) is 7.20. The van der Waals surface area contributed by atoms with Crippen molar-refractivity contribution < 1.29 is 17.6 Å². The van der Waals surface area contributed by atoms with Crippen LogP contribution in [0.1, 0.15) is 28.4 Å². The van der Waals surface area contributed by atoms with Gasteiger partial charge in [0.25, 0.3) is 15.9 Å². The third kappa shape index (κ3) is 3.78. The Hall–Kier alpha value is -3.26. The zero-order chi connectivity index (χ0) is 21.3. The summed E-state index contributed by atoms with van der Waals surface area (Å²) < 4.78 is 40.8.